The van der Waals surface area contributed by atoms with Crippen LogP contribution in [0.3, 0.4) is 0 Å². The second-order valence-electron chi connectivity index (χ2n) is 7.92. The molecule has 2 aliphatic heterocycles. The van der Waals surface area contributed by atoms with E-state index in [0.717, 1.165) is 25.7 Å². The number of nitrogens with one attached hydrogen (secondary N) is 1. The largest absolute Gasteiger partial charge is 0.496 e. The third-order valence-electron chi connectivity index (χ3n) is 5.53. The van der Waals surface area contributed by atoms with Crippen molar-refractivity contribution >= 4 is 31.7 Å². The lowest BCUT2D eigenvalue weighted by Crippen LogP contribution is -2.38. The van der Waals surface area contributed by atoms with Gasteiger partial charge in [-0.2, -0.15) is 4.31 Å². The molecule has 0 bridgehead atoms. The molecular weight excluding hydrogens is 460 g/mol. The van der Waals surface area contributed by atoms with E-state index in [0.29, 0.717) is 19.5 Å². The number of nitrogens with zero attached hydrogens (tertiary/aromatic N) is 1. The van der Waals surface area contributed by atoms with Crippen LogP contribution < -0.4 is 10.1 Å². The number of rotatable bonds is 7. The van der Waals surface area contributed by atoms with E-state index in [2.05, 4.69) is 5.32 Å². The van der Waals surface area contributed by atoms with Crippen molar-refractivity contribution in [1.82, 2.24) is 9.62 Å². The molecule has 12 heteroatoms. The maximum atomic E-state index is 13.0. The average molecular weight is 489 g/mol. The van der Waals surface area contributed by atoms with Crippen molar-refractivity contribution in [2.24, 2.45) is 0 Å². The van der Waals surface area contributed by atoms with Gasteiger partial charge in [-0.3, -0.25) is 4.79 Å². The summed E-state index contributed by atoms with van der Waals surface area (Å²) in [6.45, 7) is 0.220. The van der Waals surface area contributed by atoms with Gasteiger partial charge in [-0.15, -0.1) is 0 Å². The fourth-order valence-electron chi connectivity index (χ4n) is 3.83. The zero-order valence-electron chi connectivity index (χ0n) is 17.9. The summed E-state index contributed by atoms with van der Waals surface area (Å²) in [4.78, 5) is 24.6. The molecule has 3 rings (SSSR count). The van der Waals surface area contributed by atoms with Crippen LogP contribution in [0, 0.1) is 0 Å². The Hall–Kier alpha value is -2.18. The molecule has 2 fully saturated rings. The number of sulfonamides is 1. The minimum absolute atomic E-state index is 0.00716. The van der Waals surface area contributed by atoms with E-state index in [9.17, 15) is 26.4 Å². The zero-order valence-corrected chi connectivity index (χ0v) is 19.5. The van der Waals surface area contributed by atoms with Crippen molar-refractivity contribution in [3.8, 4) is 5.75 Å². The summed E-state index contributed by atoms with van der Waals surface area (Å²) in [6, 6.07) is 3.44. The summed E-state index contributed by atoms with van der Waals surface area (Å²) in [6.07, 6.45) is 3.82. The SMILES string of the molecule is COc1ccc(S(=O)(=O)N2CCCCCC2)cc1C(=O)OCC(=O)N[C@H]1CCS(=O)(=O)C1. The van der Waals surface area contributed by atoms with Crippen molar-refractivity contribution in [2.75, 3.05) is 38.3 Å². The van der Waals surface area contributed by atoms with Gasteiger partial charge in [-0.1, -0.05) is 12.8 Å². The Bertz CT molecular complexity index is 1060. The second-order valence-corrected chi connectivity index (χ2v) is 12.1. The molecule has 1 aromatic carbocycles. The molecule has 2 aliphatic rings. The average Bonchev–Trinajstić information content (AvgIpc) is 2.95. The van der Waals surface area contributed by atoms with Gasteiger partial charge in [0.15, 0.2) is 16.4 Å². The smallest absolute Gasteiger partial charge is 0.342 e. The predicted molar refractivity (Wildman–Crippen MR) is 116 cm³/mol. The van der Waals surface area contributed by atoms with E-state index in [-0.39, 0.29) is 27.7 Å². The van der Waals surface area contributed by atoms with Gasteiger partial charge in [0.25, 0.3) is 5.91 Å². The van der Waals surface area contributed by atoms with Crippen LogP contribution >= 0.6 is 0 Å². The van der Waals surface area contributed by atoms with Crippen LogP contribution in [0.15, 0.2) is 23.1 Å². The first-order valence-corrected chi connectivity index (χ1v) is 13.7. The Morgan fingerprint density at radius 3 is 2.44 bits per heavy atom. The maximum absolute atomic E-state index is 13.0. The lowest BCUT2D eigenvalue weighted by Gasteiger charge is -2.20. The number of hydrogen-bond donors (Lipinski definition) is 1. The topological polar surface area (TPSA) is 136 Å². The molecule has 1 N–H and O–H groups in total. The summed E-state index contributed by atoms with van der Waals surface area (Å²) in [5, 5.41) is 2.53. The fourth-order valence-corrected chi connectivity index (χ4v) is 7.04. The van der Waals surface area contributed by atoms with Crippen molar-refractivity contribution in [3.63, 3.8) is 0 Å². The highest BCUT2D eigenvalue weighted by Gasteiger charge is 2.30. The predicted octanol–water partition coefficient (Wildman–Crippen LogP) is 0.720. The number of benzene rings is 1. The van der Waals surface area contributed by atoms with E-state index in [1.165, 1.54) is 29.6 Å². The molecule has 0 aliphatic carbocycles. The molecular formula is C20H28N2O8S2. The molecule has 0 radical (unpaired) electrons. The molecule has 0 aromatic heterocycles. The maximum Gasteiger partial charge on any atom is 0.342 e. The van der Waals surface area contributed by atoms with E-state index in [1.807, 2.05) is 0 Å². The number of methoxy groups -OCH3 is 1. The quantitative estimate of drug-likeness (QED) is 0.555. The first kappa shape index (κ1) is 24.5. The second kappa shape index (κ2) is 10.2. The third-order valence-corrected chi connectivity index (χ3v) is 9.19. The summed E-state index contributed by atoms with van der Waals surface area (Å²) < 4.78 is 60.7. The van der Waals surface area contributed by atoms with E-state index in [4.69, 9.17) is 9.47 Å². The van der Waals surface area contributed by atoms with Gasteiger partial charge >= 0.3 is 5.97 Å². The highest BCUT2D eigenvalue weighted by atomic mass is 32.2. The molecule has 1 atom stereocenters. The van der Waals surface area contributed by atoms with E-state index < -0.39 is 44.4 Å². The molecule has 10 nitrogen and oxygen atoms in total. The van der Waals surface area contributed by atoms with Crippen molar-refractivity contribution < 1.29 is 35.9 Å². The Balaban J connectivity index is 1.69. The lowest BCUT2D eigenvalue weighted by molar-refractivity contribution is -0.124. The van der Waals surface area contributed by atoms with Gasteiger partial charge in [0.2, 0.25) is 10.0 Å². The highest BCUT2D eigenvalue weighted by molar-refractivity contribution is 7.91. The number of sulfone groups is 1. The summed E-state index contributed by atoms with van der Waals surface area (Å²) in [7, 11) is -5.61. The van der Waals surface area contributed by atoms with Gasteiger partial charge in [0.05, 0.1) is 23.5 Å². The highest BCUT2D eigenvalue weighted by Crippen LogP contribution is 2.26. The molecule has 2 heterocycles. The molecule has 1 aromatic rings. The van der Waals surface area contributed by atoms with Crippen LogP contribution in [0.4, 0.5) is 0 Å². The van der Waals surface area contributed by atoms with Gasteiger partial charge in [-0.25, -0.2) is 21.6 Å². The summed E-state index contributed by atoms with van der Waals surface area (Å²) >= 11 is 0. The van der Waals surface area contributed by atoms with Crippen LogP contribution in [-0.4, -0.2) is 77.4 Å². The monoisotopic (exact) mass is 488 g/mol. The van der Waals surface area contributed by atoms with Gasteiger partial charge in [-0.05, 0) is 37.5 Å². The van der Waals surface area contributed by atoms with Crippen molar-refractivity contribution in [3.05, 3.63) is 23.8 Å². The minimum atomic E-state index is -3.79. The first-order chi connectivity index (χ1) is 15.1. The number of carbonyl (C=O) groups excluding carboxylic acids is 2. The van der Waals surface area contributed by atoms with Crippen LogP contribution in [0.5, 0.6) is 5.75 Å². The summed E-state index contributed by atoms with van der Waals surface area (Å²) in [5.74, 6) is -1.56. The fraction of sp³-hybridized carbons (Fsp3) is 0.600. The van der Waals surface area contributed by atoms with E-state index >= 15 is 0 Å². The number of hydrogen-bond acceptors (Lipinski definition) is 8. The van der Waals surface area contributed by atoms with Crippen molar-refractivity contribution in [1.29, 1.82) is 0 Å². The van der Waals surface area contributed by atoms with Gasteiger partial charge < -0.3 is 14.8 Å². The van der Waals surface area contributed by atoms with Gasteiger partial charge in [0, 0.05) is 19.1 Å². The number of amides is 1. The molecule has 1 amide bonds. The minimum Gasteiger partial charge on any atom is -0.496 e. The molecule has 0 saturated carbocycles. The third kappa shape index (κ3) is 5.99. The molecule has 0 unspecified atom stereocenters. The number of esters is 1. The molecule has 0 spiro atoms. The zero-order chi connectivity index (χ0) is 23.4. The molecule has 178 valence electrons. The Morgan fingerprint density at radius 1 is 1.16 bits per heavy atom. The molecule has 2 saturated heterocycles. The Morgan fingerprint density at radius 2 is 1.84 bits per heavy atom. The normalized spacial score (nSPS) is 21.5. The Labute approximate surface area is 188 Å². The van der Waals surface area contributed by atoms with Crippen LogP contribution in [-0.2, 0) is 29.4 Å². The van der Waals surface area contributed by atoms with Crippen LogP contribution in [0.1, 0.15) is 42.5 Å². The first-order valence-electron chi connectivity index (χ1n) is 10.5. The van der Waals surface area contributed by atoms with Crippen LogP contribution in [0.2, 0.25) is 0 Å². The standard InChI is InChI=1S/C20H28N2O8S2/c1-29-18-7-6-16(32(27,28)22-9-4-2-3-5-10-22)12-17(18)20(24)30-13-19(23)21-15-8-11-31(25,26)14-15/h6-7,12,15H,2-5,8-11,13-14H2,1H3,(H,21,23)/t15-/m0/s1. The Kier molecular flexibility index (Phi) is 7.78. The molecule has 32 heavy (non-hydrogen) atoms. The van der Waals surface area contributed by atoms with Crippen molar-refractivity contribution in [2.45, 2.75) is 43.0 Å². The number of ether oxygens (including phenoxy) is 2. The van der Waals surface area contributed by atoms with E-state index in [1.54, 1.807) is 0 Å². The summed E-state index contributed by atoms with van der Waals surface area (Å²) in [5.41, 5.74) is -0.111. The number of carbonyl (C=O) groups is 2. The lowest BCUT2D eigenvalue weighted by atomic mass is 10.2. The van der Waals surface area contributed by atoms with Gasteiger partial charge in [0.1, 0.15) is 11.3 Å². The van der Waals surface area contributed by atoms with Crippen LogP contribution in [0.25, 0.3) is 0 Å².